The Morgan fingerprint density at radius 1 is 1.20 bits per heavy atom. The van der Waals surface area contributed by atoms with Gasteiger partial charge in [-0.25, -0.2) is 0 Å². The van der Waals surface area contributed by atoms with Crippen LogP contribution in [0.3, 0.4) is 0 Å². The molecule has 0 atom stereocenters. The van der Waals surface area contributed by atoms with Gasteiger partial charge in [-0.1, -0.05) is 0 Å². The molecule has 0 aliphatic rings. The molecule has 1 amide bonds. The van der Waals surface area contributed by atoms with E-state index in [4.69, 9.17) is 0 Å². The Kier molecular flexibility index (Phi) is 4.29. The molecule has 0 heterocycles. The first-order valence-electron chi connectivity index (χ1n) is 4.03. The number of carbonyl (C=O) groups is 2. The number of carbonyl (C=O) groups excluding carboxylic acids is 2. The summed E-state index contributed by atoms with van der Waals surface area (Å²) in [6.07, 6.45) is 1.59. The van der Waals surface area contributed by atoms with Crippen molar-refractivity contribution >= 4 is 40.2 Å². The normalized spacial score (nSPS) is 10.2. The van der Waals surface area contributed by atoms with Crippen LogP contribution in [-0.2, 0) is 9.59 Å². The molecule has 0 aliphatic heterocycles. The Balaban J connectivity index is 2.59. The summed E-state index contributed by atoms with van der Waals surface area (Å²) in [5, 5.41) is 12.5. The van der Waals surface area contributed by atoms with Gasteiger partial charge in [-0.3, -0.25) is 4.79 Å². The van der Waals surface area contributed by atoms with Gasteiger partial charge in [0.15, 0.2) is 0 Å². The fourth-order valence-corrected chi connectivity index (χ4v) is 1.22. The average molecular weight is 316 g/mol. The smallest absolute Gasteiger partial charge is 0.248 e. The van der Waals surface area contributed by atoms with Gasteiger partial charge >= 0.3 is 0 Å². The third-order valence-corrected chi connectivity index (χ3v) is 2.20. The Bertz CT molecular complexity index is 398. The molecule has 0 aromatic heterocycles. The molecule has 0 bridgehead atoms. The fourth-order valence-electron chi connectivity index (χ4n) is 0.861. The molecule has 1 aromatic carbocycles. The quantitative estimate of drug-likeness (QED) is 0.653. The van der Waals surface area contributed by atoms with Crippen LogP contribution in [0.4, 0.5) is 5.69 Å². The number of anilines is 1. The number of carboxylic acid groups (broad SMARTS) is 1. The van der Waals surface area contributed by atoms with E-state index in [1.165, 1.54) is 0 Å². The van der Waals surface area contributed by atoms with Crippen LogP contribution in [0.25, 0.3) is 0 Å². The molecule has 0 aliphatic carbocycles. The van der Waals surface area contributed by atoms with Gasteiger partial charge in [0.2, 0.25) is 5.91 Å². The topological polar surface area (TPSA) is 69.2 Å². The van der Waals surface area contributed by atoms with Crippen LogP contribution in [0.1, 0.15) is 0 Å². The first kappa shape index (κ1) is 11.7. The predicted octanol–water partition coefficient (Wildman–Crippen LogP) is 0.536. The minimum Gasteiger partial charge on any atom is -0.545 e. The number of aliphatic carboxylic acids is 1. The van der Waals surface area contributed by atoms with E-state index in [0.29, 0.717) is 11.8 Å². The minimum absolute atomic E-state index is 0.500. The van der Waals surface area contributed by atoms with Crippen molar-refractivity contribution < 1.29 is 14.7 Å². The summed E-state index contributed by atoms with van der Waals surface area (Å²) >= 11 is 2.14. The van der Waals surface area contributed by atoms with Gasteiger partial charge in [-0.15, -0.1) is 0 Å². The van der Waals surface area contributed by atoms with Crippen molar-refractivity contribution in [2.24, 2.45) is 0 Å². The lowest BCUT2D eigenvalue weighted by molar-refractivity contribution is -0.297. The molecule has 78 valence electrons. The molecule has 4 nitrogen and oxygen atoms in total. The zero-order valence-electron chi connectivity index (χ0n) is 7.57. The standard InChI is InChI=1S/C10H8INO3/c11-7-1-3-8(4-2-7)12-9(13)5-6-10(14)15/h1-6H,(H,12,13)(H,14,15)/p-1/b6-5-. The predicted molar refractivity (Wildman–Crippen MR) is 61.9 cm³/mol. The largest absolute Gasteiger partial charge is 0.545 e. The molecule has 0 radical (unpaired) electrons. The lowest BCUT2D eigenvalue weighted by Gasteiger charge is -2.01. The highest BCUT2D eigenvalue weighted by molar-refractivity contribution is 14.1. The molecule has 1 N–H and O–H groups in total. The lowest BCUT2D eigenvalue weighted by Crippen LogP contribution is -2.20. The molecule has 0 spiro atoms. The van der Waals surface area contributed by atoms with Gasteiger partial charge in [0.05, 0.1) is 5.97 Å². The number of hydrogen-bond donors (Lipinski definition) is 1. The monoisotopic (exact) mass is 316 g/mol. The summed E-state index contributed by atoms with van der Waals surface area (Å²) in [5.41, 5.74) is 0.614. The summed E-state index contributed by atoms with van der Waals surface area (Å²) in [6.45, 7) is 0. The zero-order chi connectivity index (χ0) is 11.3. The fraction of sp³-hybridized carbons (Fsp3) is 0. The van der Waals surface area contributed by atoms with Gasteiger partial charge in [0.1, 0.15) is 0 Å². The molecule has 1 rings (SSSR count). The number of amides is 1. The highest BCUT2D eigenvalue weighted by Crippen LogP contribution is 2.10. The van der Waals surface area contributed by atoms with Crippen LogP contribution in [0.15, 0.2) is 36.4 Å². The third kappa shape index (κ3) is 4.59. The van der Waals surface area contributed by atoms with Crippen LogP contribution in [0, 0.1) is 3.57 Å². The molecule has 0 unspecified atom stereocenters. The molecular formula is C10H7INO3-. The Morgan fingerprint density at radius 3 is 2.33 bits per heavy atom. The van der Waals surface area contributed by atoms with Gasteiger partial charge in [0.25, 0.3) is 0 Å². The first-order valence-corrected chi connectivity index (χ1v) is 5.11. The van der Waals surface area contributed by atoms with Crippen molar-refractivity contribution in [3.63, 3.8) is 0 Å². The molecule has 0 fully saturated rings. The van der Waals surface area contributed by atoms with Gasteiger partial charge in [-0.05, 0) is 52.9 Å². The highest BCUT2D eigenvalue weighted by Gasteiger charge is 1.96. The van der Waals surface area contributed by atoms with Crippen LogP contribution < -0.4 is 10.4 Å². The Hall–Kier alpha value is -1.37. The zero-order valence-corrected chi connectivity index (χ0v) is 9.72. The van der Waals surface area contributed by atoms with Crippen LogP contribution >= 0.6 is 22.6 Å². The van der Waals surface area contributed by atoms with Crippen LogP contribution in [0.5, 0.6) is 0 Å². The van der Waals surface area contributed by atoms with Crippen molar-refractivity contribution in [1.82, 2.24) is 0 Å². The maximum absolute atomic E-state index is 11.1. The van der Waals surface area contributed by atoms with Crippen molar-refractivity contribution in [1.29, 1.82) is 0 Å². The maximum atomic E-state index is 11.1. The van der Waals surface area contributed by atoms with Crippen molar-refractivity contribution in [3.05, 3.63) is 40.0 Å². The second-order valence-corrected chi connectivity index (χ2v) is 3.89. The average Bonchev–Trinajstić information content (AvgIpc) is 2.19. The second-order valence-electron chi connectivity index (χ2n) is 2.65. The van der Waals surface area contributed by atoms with Gasteiger partial charge < -0.3 is 15.2 Å². The molecular weight excluding hydrogens is 309 g/mol. The van der Waals surface area contributed by atoms with Crippen molar-refractivity contribution in [2.45, 2.75) is 0 Å². The summed E-state index contributed by atoms with van der Waals surface area (Å²) in [5.74, 6) is -1.90. The Labute approximate surface area is 100 Å². The number of halogens is 1. The van der Waals surface area contributed by atoms with Gasteiger partial charge in [0, 0.05) is 15.3 Å². The third-order valence-electron chi connectivity index (χ3n) is 1.48. The summed E-state index contributed by atoms with van der Waals surface area (Å²) < 4.78 is 1.05. The van der Waals surface area contributed by atoms with E-state index >= 15 is 0 Å². The Morgan fingerprint density at radius 2 is 1.80 bits per heavy atom. The number of nitrogens with one attached hydrogen (secondary N) is 1. The molecule has 0 saturated heterocycles. The van der Waals surface area contributed by atoms with E-state index in [0.717, 1.165) is 9.65 Å². The summed E-state index contributed by atoms with van der Waals surface area (Å²) in [7, 11) is 0. The number of hydrogen-bond acceptors (Lipinski definition) is 3. The van der Waals surface area contributed by atoms with Gasteiger partial charge in [-0.2, -0.15) is 0 Å². The maximum Gasteiger partial charge on any atom is 0.248 e. The molecule has 15 heavy (non-hydrogen) atoms. The molecule has 1 aromatic rings. The lowest BCUT2D eigenvalue weighted by atomic mass is 10.3. The number of benzene rings is 1. The summed E-state index contributed by atoms with van der Waals surface area (Å²) in [4.78, 5) is 21.1. The SMILES string of the molecule is O=C([O-])/C=C\C(=O)Nc1ccc(I)cc1. The van der Waals surface area contributed by atoms with E-state index in [9.17, 15) is 14.7 Å². The minimum atomic E-state index is -1.40. The first-order chi connectivity index (χ1) is 7.08. The molecule has 0 saturated carbocycles. The van der Waals surface area contributed by atoms with Crippen LogP contribution in [0.2, 0.25) is 0 Å². The molecule has 5 heteroatoms. The van der Waals surface area contributed by atoms with Crippen molar-refractivity contribution in [3.8, 4) is 0 Å². The number of carboxylic acids is 1. The van der Waals surface area contributed by atoms with Crippen LogP contribution in [-0.4, -0.2) is 11.9 Å². The van der Waals surface area contributed by atoms with E-state index < -0.39 is 11.9 Å². The van der Waals surface area contributed by atoms with Crippen molar-refractivity contribution in [2.75, 3.05) is 5.32 Å². The van der Waals surface area contributed by atoms with E-state index in [2.05, 4.69) is 27.9 Å². The number of rotatable bonds is 3. The van der Waals surface area contributed by atoms with E-state index in [1.807, 2.05) is 12.1 Å². The highest BCUT2D eigenvalue weighted by atomic mass is 127. The van der Waals surface area contributed by atoms with E-state index in [1.54, 1.807) is 12.1 Å². The second kappa shape index (κ2) is 5.50. The summed E-state index contributed by atoms with van der Waals surface area (Å²) in [6, 6.07) is 7.12. The van der Waals surface area contributed by atoms with E-state index in [-0.39, 0.29) is 0 Å².